The Bertz CT molecular complexity index is 690. The van der Waals surface area contributed by atoms with E-state index in [0.29, 0.717) is 28.9 Å². The zero-order chi connectivity index (χ0) is 12.5. The van der Waals surface area contributed by atoms with Crippen molar-refractivity contribution in [2.75, 3.05) is 5.73 Å². The van der Waals surface area contributed by atoms with Gasteiger partial charge in [-0.2, -0.15) is 4.98 Å². The van der Waals surface area contributed by atoms with E-state index in [1.54, 1.807) is 18.3 Å². The highest BCUT2D eigenvalue weighted by molar-refractivity contribution is 7.14. The third-order valence-electron chi connectivity index (χ3n) is 2.32. The molecule has 0 unspecified atom stereocenters. The minimum atomic E-state index is 0.411. The lowest BCUT2D eigenvalue weighted by Gasteiger charge is -1.93. The Balaban J connectivity index is 2.02. The molecule has 6 nitrogen and oxygen atoms in total. The third-order valence-corrected chi connectivity index (χ3v) is 3.24. The number of hydrogen-bond donors (Lipinski definition) is 1. The smallest absolute Gasteiger partial charge is 0.270 e. The Morgan fingerprint density at radius 1 is 1.28 bits per heavy atom. The number of anilines is 1. The van der Waals surface area contributed by atoms with E-state index in [2.05, 4.69) is 20.1 Å². The Kier molecular flexibility index (Phi) is 2.52. The number of thiophene rings is 1. The molecule has 0 atom stereocenters. The maximum Gasteiger partial charge on any atom is 0.270 e. The predicted octanol–water partition coefficient (Wildman–Crippen LogP) is 2.15. The van der Waals surface area contributed by atoms with Crippen molar-refractivity contribution < 1.29 is 4.52 Å². The summed E-state index contributed by atoms with van der Waals surface area (Å²) in [6, 6.07) is 3.54. The van der Waals surface area contributed by atoms with Crippen molar-refractivity contribution in [3.05, 3.63) is 29.5 Å². The predicted molar refractivity (Wildman–Crippen MR) is 67.8 cm³/mol. The first kappa shape index (κ1) is 10.8. The Morgan fingerprint density at radius 2 is 2.17 bits per heavy atom. The van der Waals surface area contributed by atoms with E-state index in [1.165, 1.54) is 11.3 Å². The highest BCUT2D eigenvalue weighted by Gasteiger charge is 2.14. The number of nitrogen functional groups attached to an aromatic ring is 1. The summed E-state index contributed by atoms with van der Waals surface area (Å²) < 4.78 is 5.19. The number of nitrogens with zero attached hydrogens (tertiary/aromatic N) is 4. The summed E-state index contributed by atoms with van der Waals surface area (Å²) in [4.78, 5) is 13.3. The van der Waals surface area contributed by atoms with Crippen LogP contribution in [0.3, 0.4) is 0 Å². The summed E-state index contributed by atoms with van der Waals surface area (Å²) in [5.74, 6) is 1.51. The number of hydrogen-bond acceptors (Lipinski definition) is 7. The molecule has 18 heavy (non-hydrogen) atoms. The SMILES string of the molecule is Cc1nccc(-c2noc(-c3sccc3N)n2)n1. The summed E-state index contributed by atoms with van der Waals surface area (Å²) in [5, 5.41) is 5.78. The van der Waals surface area contributed by atoms with E-state index in [-0.39, 0.29) is 0 Å². The average Bonchev–Trinajstić information content (AvgIpc) is 2.97. The van der Waals surface area contributed by atoms with Crippen molar-refractivity contribution in [3.63, 3.8) is 0 Å². The fourth-order valence-electron chi connectivity index (χ4n) is 1.49. The van der Waals surface area contributed by atoms with E-state index >= 15 is 0 Å². The van der Waals surface area contributed by atoms with Gasteiger partial charge in [0.25, 0.3) is 5.89 Å². The van der Waals surface area contributed by atoms with Crippen molar-refractivity contribution in [1.29, 1.82) is 0 Å². The van der Waals surface area contributed by atoms with Crippen molar-refractivity contribution in [1.82, 2.24) is 20.1 Å². The molecule has 2 N–H and O–H groups in total. The van der Waals surface area contributed by atoms with E-state index in [0.717, 1.165) is 4.88 Å². The molecule has 0 bridgehead atoms. The molecule has 7 heteroatoms. The largest absolute Gasteiger partial charge is 0.397 e. The van der Waals surface area contributed by atoms with Gasteiger partial charge >= 0.3 is 0 Å². The second-order valence-electron chi connectivity index (χ2n) is 3.62. The van der Waals surface area contributed by atoms with Crippen LogP contribution in [0, 0.1) is 6.92 Å². The van der Waals surface area contributed by atoms with E-state index in [4.69, 9.17) is 10.3 Å². The highest BCUT2D eigenvalue weighted by atomic mass is 32.1. The lowest BCUT2D eigenvalue weighted by molar-refractivity contribution is 0.433. The van der Waals surface area contributed by atoms with Crippen LogP contribution in [-0.2, 0) is 0 Å². The van der Waals surface area contributed by atoms with Crippen molar-refractivity contribution in [2.24, 2.45) is 0 Å². The van der Waals surface area contributed by atoms with E-state index < -0.39 is 0 Å². The van der Waals surface area contributed by atoms with Gasteiger partial charge in [-0.15, -0.1) is 11.3 Å². The maximum atomic E-state index is 5.80. The van der Waals surface area contributed by atoms with E-state index in [9.17, 15) is 0 Å². The molecule has 0 aliphatic rings. The summed E-state index contributed by atoms with van der Waals surface area (Å²) in [6.07, 6.45) is 1.66. The van der Waals surface area contributed by atoms with Crippen molar-refractivity contribution in [2.45, 2.75) is 6.92 Å². The first-order valence-electron chi connectivity index (χ1n) is 5.21. The summed E-state index contributed by atoms with van der Waals surface area (Å²) in [7, 11) is 0. The normalized spacial score (nSPS) is 10.7. The Labute approximate surface area is 107 Å². The van der Waals surface area contributed by atoms with Gasteiger partial charge in [0.15, 0.2) is 0 Å². The Morgan fingerprint density at radius 3 is 2.89 bits per heavy atom. The van der Waals surface area contributed by atoms with Crippen molar-refractivity contribution >= 4 is 17.0 Å². The van der Waals surface area contributed by atoms with Crippen molar-refractivity contribution in [3.8, 4) is 22.3 Å². The van der Waals surface area contributed by atoms with Gasteiger partial charge in [-0.1, -0.05) is 5.16 Å². The second kappa shape index (κ2) is 4.19. The molecule has 3 heterocycles. The van der Waals surface area contributed by atoms with Crippen LogP contribution in [0.4, 0.5) is 5.69 Å². The van der Waals surface area contributed by atoms with Gasteiger partial charge in [0, 0.05) is 6.20 Å². The van der Waals surface area contributed by atoms with Gasteiger partial charge in [-0.05, 0) is 24.4 Å². The molecule has 0 radical (unpaired) electrons. The minimum Gasteiger partial charge on any atom is -0.397 e. The highest BCUT2D eigenvalue weighted by Crippen LogP contribution is 2.31. The summed E-state index contributed by atoms with van der Waals surface area (Å²) in [6.45, 7) is 1.81. The molecule has 0 saturated heterocycles. The topological polar surface area (TPSA) is 90.7 Å². The second-order valence-corrected chi connectivity index (χ2v) is 4.53. The fourth-order valence-corrected chi connectivity index (χ4v) is 2.23. The monoisotopic (exact) mass is 259 g/mol. The molecule has 3 rings (SSSR count). The molecule has 3 aromatic heterocycles. The molecule has 0 aliphatic carbocycles. The molecule has 0 saturated carbocycles. The van der Waals surface area contributed by atoms with Gasteiger partial charge in [0.1, 0.15) is 16.4 Å². The van der Waals surface area contributed by atoms with Gasteiger partial charge in [0.05, 0.1) is 5.69 Å². The van der Waals surface area contributed by atoms with Crippen LogP contribution >= 0.6 is 11.3 Å². The molecule has 0 spiro atoms. The zero-order valence-corrected chi connectivity index (χ0v) is 10.3. The Hall–Kier alpha value is -2.28. The summed E-state index contributed by atoms with van der Waals surface area (Å²) >= 11 is 1.46. The quantitative estimate of drug-likeness (QED) is 0.758. The van der Waals surface area contributed by atoms with Crippen LogP contribution in [0.2, 0.25) is 0 Å². The average molecular weight is 259 g/mol. The van der Waals surface area contributed by atoms with E-state index in [1.807, 2.05) is 12.3 Å². The standard InChI is InChI=1S/C11H9N5OS/c1-6-13-4-2-8(14-6)10-15-11(17-16-10)9-7(12)3-5-18-9/h2-5H,12H2,1H3. The first-order chi connectivity index (χ1) is 8.74. The molecular formula is C11H9N5OS. The molecule has 0 amide bonds. The third kappa shape index (κ3) is 1.84. The molecule has 0 fully saturated rings. The zero-order valence-electron chi connectivity index (χ0n) is 9.49. The molecule has 0 aliphatic heterocycles. The molecule has 3 aromatic rings. The maximum absolute atomic E-state index is 5.80. The van der Waals surface area contributed by atoms with Crippen LogP contribution in [0.25, 0.3) is 22.3 Å². The first-order valence-corrected chi connectivity index (χ1v) is 6.09. The fraction of sp³-hybridized carbons (Fsp3) is 0.0909. The number of aryl methyl sites for hydroxylation is 1. The van der Waals surface area contributed by atoms with Crippen LogP contribution in [0.1, 0.15) is 5.82 Å². The lowest BCUT2D eigenvalue weighted by Crippen LogP contribution is -1.91. The molecule has 0 aromatic carbocycles. The number of nitrogens with two attached hydrogens (primary N) is 1. The minimum absolute atomic E-state index is 0.411. The van der Waals surface area contributed by atoms with Crippen LogP contribution < -0.4 is 5.73 Å². The van der Waals surface area contributed by atoms with Crippen LogP contribution in [0.5, 0.6) is 0 Å². The van der Waals surface area contributed by atoms with Gasteiger partial charge in [0.2, 0.25) is 5.82 Å². The molecular weight excluding hydrogens is 250 g/mol. The summed E-state index contributed by atoms with van der Waals surface area (Å²) in [5.41, 5.74) is 7.07. The van der Waals surface area contributed by atoms with Crippen LogP contribution in [0.15, 0.2) is 28.2 Å². The lowest BCUT2D eigenvalue weighted by atomic mass is 10.3. The van der Waals surface area contributed by atoms with Gasteiger partial charge in [-0.25, -0.2) is 9.97 Å². The van der Waals surface area contributed by atoms with Gasteiger partial charge in [-0.3, -0.25) is 0 Å². The van der Waals surface area contributed by atoms with Crippen LogP contribution in [-0.4, -0.2) is 20.1 Å². The number of aromatic nitrogens is 4. The number of rotatable bonds is 2. The van der Waals surface area contributed by atoms with Gasteiger partial charge < -0.3 is 10.3 Å². The molecule has 90 valence electrons.